The van der Waals surface area contributed by atoms with Gasteiger partial charge in [0.15, 0.2) is 0 Å². The van der Waals surface area contributed by atoms with Crippen LogP contribution in [0.2, 0.25) is 0 Å². The zero-order chi connectivity index (χ0) is 13.0. The molecule has 0 aliphatic heterocycles. The number of fused-ring (bicyclic) bond motifs is 1. The van der Waals surface area contributed by atoms with E-state index in [1.165, 1.54) is 0 Å². The fourth-order valence-corrected chi connectivity index (χ4v) is 1.94. The summed E-state index contributed by atoms with van der Waals surface area (Å²) >= 11 is 0. The molecule has 0 radical (unpaired) electrons. The van der Waals surface area contributed by atoms with Gasteiger partial charge in [-0.05, 0) is 25.5 Å². The van der Waals surface area contributed by atoms with E-state index in [9.17, 15) is 4.79 Å². The van der Waals surface area contributed by atoms with Gasteiger partial charge in [-0.15, -0.1) is 0 Å². The van der Waals surface area contributed by atoms with Crippen LogP contribution >= 0.6 is 0 Å². The molecule has 1 amide bonds. The van der Waals surface area contributed by atoms with Gasteiger partial charge in [0.2, 0.25) is 5.91 Å². The van der Waals surface area contributed by atoms with Crippen molar-refractivity contribution in [1.82, 2.24) is 4.98 Å². The summed E-state index contributed by atoms with van der Waals surface area (Å²) in [6.07, 6.45) is 1.15. The van der Waals surface area contributed by atoms with E-state index < -0.39 is 0 Å². The maximum absolute atomic E-state index is 10.7. The highest BCUT2D eigenvalue weighted by Crippen LogP contribution is 2.22. The Hall–Kier alpha value is -2.10. The predicted octanol–water partition coefficient (Wildman–Crippen LogP) is 2.22. The van der Waals surface area contributed by atoms with Gasteiger partial charge < -0.3 is 11.1 Å². The first-order chi connectivity index (χ1) is 8.66. The van der Waals surface area contributed by atoms with E-state index in [1.807, 2.05) is 37.3 Å². The zero-order valence-corrected chi connectivity index (χ0v) is 10.4. The lowest BCUT2D eigenvalue weighted by atomic mass is 10.1. The molecule has 1 heterocycles. The van der Waals surface area contributed by atoms with Crippen LogP contribution < -0.4 is 11.1 Å². The highest BCUT2D eigenvalue weighted by Gasteiger charge is 2.03. The number of benzene rings is 1. The van der Waals surface area contributed by atoms with Crippen molar-refractivity contribution in [3.05, 3.63) is 36.0 Å². The first-order valence-electron chi connectivity index (χ1n) is 6.05. The first-order valence-corrected chi connectivity index (χ1v) is 6.05. The molecule has 2 rings (SSSR count). The second kappa shape index (κ2) is 5.49. The number of pyridine rings is 1. The topological polar surface area (TPSA) is 68.0 Å². The lowest BCUT2D eigenvalue weighted by Gasteiger charge is -2.10. The number of nitrogens with one attached hydrogen (secondary N) is 1. The smallest absolute Gasteiger partial charge is 0.217 e. The summed E-state index contributed by atoms with van der Waals surface area (Å²) in [5.41, 5.74) is 8.13. The lowest BCUT2D eigenvalue weighted by molar-refractivity contribution is -0.118. The largest absolute Gasteiger partial charge is 0.384 e. The fourth-order valence-electron chi connectivity index (χ4n) is 1.94. The van der Waals surface area contributed by atoms with Crippen LogP contribution in [0.15, 0.2) is 30.3 Å². The number of amides is 1. The minimum atomic E-state index is -0.257. The second-order valence-electron chi connectivity index (χ2n) is 4.32. The van der Waals surface area contributed by atoms with E-state index >= 15 is 0 Å². The Labute approximate surface area is 106 Å². The summed E-state index contributed by atoms with van der Waals surface area (Å²) in [6.45, 7) is 2.71. The number of carbonyl (C=O) groups is 1. The maximum Gasteiger partial charge on any atom is 0.217 e. The molecule has 4 heteroatoms. The molecule has 0 aliphatic carbocycles. The minimum Gasteiger partial charge on any atom is -0.384 e. The molecule has 0 aliphatic rings. The SMILES string of the molecule is Cc1cc(NCCCC(N)=O)c2ccccc2n1. The molecule has 94 valence electrons. The van der Waals surface area contributed by atoms with E-state index in [2.05, 4.69) is 10.3 Å². The molecular formula is C14H17N3O. The molecule has 0 unspecified atom stereocenters. The van der Waals surface area contributed by atoms with Crippen molar-refractivity contribution < 1.29 is 4.79 Å². The Morgan fingerprint density at radius 1 is 1.39 bits per heavy atom. The third-order valence-corrected chi connectivity index (χ3v) is 2.76. The Morgan fingerprint density at radius 3 is 2.94 bits per heavy atom. The minimum absolute atomic E-state index is 0.257. The molecule has 3 N–H and O–H groups in total. The fraction of sp³-hybridized carbons (Fsp3) is 0.286. The third kappa shape index (κ3) is 2.97. The number of aromatic nitrogens is 1. The summed E-state index contributed by atoms with van der Waals surface area (Å²) in [7, 11) is 0. The molecule has 0 fully saturated rings. The van der Waals surface area contributed by atoms with Crippen LogP contribution in [0.1, 0.15) is 18.5 Å². The number of hydrogen-bond donors (Lipinski definition) is 2. The molecule has 1 aromatic heterocycles. The highest BCUT2D eigenvalue weighted by atomic mass is 16.1. The number of aryl methyl sites for hydroxylation is 1. The van der Waals surface area contributed by atoms with Crippen LogP contribution in [0.4, 0.5) is 5.69 Å². The zero-order valence-electron chi connectivity index (χ0n) is 10.4. The van der Waals surface area contributed by atoms with E-state index in [4.69, 9.17) is 5.73 Å². The van der Waals surface area contributed by atoms with Gasteiger partial charge in [0, 0.05) is 29.7 Å². The van der Waals surface area contributed by atoms with Gasteiger partial charge in [0.25, 0.3) is 0 Å². The molecule has 18 heavy (non-hydrogen) atoms. The predicted molar refractivity (Wildman–Crippen MR) is 73.4 cm³/mol. The number of nitrogens with two attached hydrogens (primary N) is 1. The summed E-state index contributed by atoms with van der Waals surface area (Å²) < 4.78 is 0. The average Bonchev–Trinajstić information content (AvgIpc) is 2.34. The van der Waals surface area contributed by atoms with Crippen molar-refractivity contribution in [1.29, 1.82) is 0 Å². The maximum atomic E-state index is 10.7. The molecule has 0 bridgehead atoms. The molecule has 0 saturated heterocycles. The van der Waals surface area contributed by atoms with Crippen LogP contribution in [0.3, 0.4) is 0 Å². The molecule has 2 aromatic rings. The van der Waals surface area contributed by atoms with Crippen molar-refractivity contribution in [2.75, 3.05) is 11.9 Å². The van der Waals surface area contributed by atoms with E-state index in [-0.39, 0.29) is 5.91 Å². The van der Waals surface area contributed by atoms with Gasteiger partial charge in [-0.1, -0.05) is 18.2 Å². The van der Waals surface area contributed by atoms with Crippen LogP contribution in [-0.4, -0.2) is 17.4 Å². The molecule has 1 aromatic carbocycles. The Kier molecular flexibility index (Phi) is 3.77. The van der Waals surface area contributed by atoms with Crippen LogP contribution in [0.25, 0.3) is 10.9 Å². The molecular weight excluding hydrogens is 226 g/mol. The van der Waals surface area contributed by atoms with Crippen molar-refractivity contribution in [2.45, 2.75) is 19.8 Å². The number of para-hydroxylation sites is 1. The third-order valence-electron chi connectivity index (χ3n) is 2.76. The van der Waals surface area contributed by atoms with Crippen LogP contribution in [0, 0.1) is 6.92 Å². The molecule has 0 spiro atoms. The number of primary amides is 1. The average molecular weight is 243 g/mol. The standard InChI is InChI=1S/C14H17N3O/c1-10-9-13(16-8-4-7-14(15)18)11-5-2-3-6-12(11)17-10/h2-3,5-6,9H,4,7-8H2,1H3,(H2,15,18)(H,16,17). The van der Waals surface area contributed by atoms with Gasteiger partial charge in [-0.25, -0.2) is 0 Å². The summed E-state index contributed by atoms with van der Waals surface area (Å²) in [5.74, 6) is -0.257. The Balaban J connectivity index is 2.14. The quantitative estimate of drug-likeness (QED) is 0.791. The molecule has 4 nitrogen and oxygen atoms in total. The van der Waals surface area contributed by atoms with E-state index in [0.29, 0.717) is 6.42 Å². The van der Waals surface area contributed by atoms with Crippen molar-refractivity contribution in [3.63, 3.8) is 0 Å². The number of hydrogen-bond acceptors (Lipinski definition) is 3. The number of rotatable bonds is 5. The number of nitrogens with zero attached hydrogens (tertiary/aromatic N) is 1. The Bertz CT molecular complexity index is 566. The van der Waals surface area contributed by atoms with Crippen LogP contribution in [0.5, 0.6) is 0 Å². The van der Waals surface area contributed by atoms with Gasteiger partial charge in [0.1, 0.15) is 0 Å². The van der Waals surface area contributed by atoms with E-state index in [1.54, 1.807) is 0 Å². The molecule has 0 saturated carbocycles. The molecule has 0 atom stereocenters. The van der Waals surface area contributed by atoms with Crippen molar-refractivity contribution >= 4 is 22.5 Å². The number of carbonyl (C=O) groups excluding carboxylic acids is 1. The van der Waals surface area contributed by atoms with Gasteiger partial charge in [0.05, 0.1) is 5.52 Å². The second-order valence-corrected chi connectivity index (χ2v) is 4.32. The van der Waals surface area contributed by atoms with Gasteiger partial charge in [-0.2, -0.15) is 0 Å². The van der Waals surface area contributed by atoms with Crippen molar-refractivity contribution in [3.8, 4) is 0 Å². The highest BCUT2D eigenvalue weighted by molar-refractivity contribution is 5.91. The van der Waals surface area contributed by atoms with Crippen molar-refractivity contribution in [2.24, 2.45) is 5.73 Å². The summed E-state index contributed by atoms with van der Waals surface area (Å²) in [5, 5.41) is 4.44. The summed E-state index contributed by atoms with van der Waals surface area (Å²) in [4.78, 5) is 15.1. The summed E-state index contributed by atoms with van der Waals surface area (Å²) in [6, 6.07) is 10.0. The van der Waals surface area contributed by atoms with Gasteiger partial charge >= 0.3 is 0 Å². The normalized spacial score (nSPS) is 10.5. The number of anilines is 1. The Morgan fingerprint density at radius 2 is 2.17 bits per heavy atom. The van der Waals surface area contributed by atoms with E-state index in [0.717, 1.165) is 35.2 Å². The monoisotopic (exact) mass is 243 g/mol. The van der Waals surface area contributed by atoms with Crippen LogP contribution in [-0.2, 0) is 4.79 Å². The lowest BCUT2D eigenvalue weighted by Crippen LogP contribution is -2.12. The van der Waals surface area contributed by atoms with Gasteiger partial charge in [-0.3, -0.25) is 9.78 Å². The first kappa shape index (κ1) is 12.4.